The standard InChI is InChI=1S/C17H30N2O2/c1-16(2)12-20-14(18-16)10-8-6-5-7-9-11-15-19-17(3,4)13-21-15/h5-13H2,1-4H3. The van der Waals surface area contributed by atoms with Crippen molar-refractivity contribution in [1.29, 1.82) is 0 Å². The predicted molar refractivity (Wildman–Crippen MR) is 87.3 cm³/mol. The first kappa shape index (κ1) is 16.3. The molecule has 0 N–H and O–H groups in total. The van der Waals surface area contributed by atoms with Gasteiger partial charge in [-0.05, 0) is 40.5 Å². The molecular formula is C17H30N2O2. The summed E-state index contributed by atoms with van der Waals surface area (Å²) >= 11 is 0. The van der Waals surface area contributed by atoms with Gasteiger partial charge in [0.2, 0.25) is 0 Å². The zero-order valence-electron chi connectivity index (χ0n) is 14.1. The molecule has 0 saturated carbocycles. The molecular weight excluding hydrogens is 264 g/mol. The van der Waals surface area contributed by atoms with Crippen LogP contribution in [0.15, 0.2) is 9.98 Å². The van der Waals surface area contributed by atoms with E-state index in [0.717, 1.165) is 37.9 Å². The Balaban J connectivity index is 1.48. The molecule has 0 bridgehead atoms. The molecule has 4 heteroatoms. The maximum absolute atomic E-state index is 5.60. The third-order valence-electron chi connectivity index (χ3n) is 3.82. The molecule has 0 radical (unpaired) electrons. The van der Waals surface area contributed by atoms with Crippen LogP contribution in [0.2, 0.25) is 0 Å². The minimum absolute atomic E-state index is 0.00881. The highest BCUT2D eigenvalue weighted by Crippen LogP contribution is 2.21. The lowest BCUT2D eigenvalue weighted by molar-refractivity contribution is 0.272. The molecule has 0 spiro atoms. The van der Waals surface area contributed by atoms with E-state index in [0.29, 0.717) is 0 Å². The monoisotopic (exact) mass is 294 g/mol. The summed E-state index contributed by atoms with van der Waals surface area (Å²) in [7, 11) is 0. The van der Waals surface area contributed by atoms with Gasteiger partial charge in [-0.15, -0.1) is 0 Å². The van der Waals surface area contributed by atoms with Crippen LogP contribution in [0.4, 0.5) is 0 Å². The molecule has 4 nitrogen and oxygen atoms in total. The highest BCUT2D eigenvalue weighted by molar-refractivity contribution is 5.78. The lowest BCUT2D eigenvalue weighted by Gasteiger charge is -2.07. The fourth-order valence-electron chi connectivity index (χ4n) is 2.66. The van der Waals surface area contributed by atoms with E-state index in [1.54, 1.807) is 0 Å². The van der Waals surface area contributed by atoms with Gasteiger partial charge >= 0.3 is 0 Å². The molecule has 0 aromatic rings. The molecule has 0 saturated heterocycles. The Morgan fingerprint density at radius 1 is 0.714 bits per heavy atom. The molecule has 0 aliphatic carbocycles. The number of hydrogen-bond donors (Lipinski definition) is 0. The van der Waals surface area contributed by atoms with E-state index in [2.05, 4.69) is 37.7 Å². The number of nitrogens with zero attached hydrogens (tertiary/aromatic N) is 2. The van der Waals surface area contributed by atoms with Gasteiger partial charge in [0, 0.05) is 12.8 Å². The van der Waals surface area contributed by atoms with E-state index in [1.807, 2.05) is 0 Å². The summed E-state index contributed by atoms with van der Waals surface area (Å²) in [5.74, 6) is 1.91. The number of rotatable bonds is 8. The van der Waals surface area contributed by atoms with Gasteiger partial charge in [0.1, 0.15) is 13.2 Å². The molecule has 2 rings (SSSR count). The van der Waals surface area contributed by atoms with Crippen molar-refractivity contribution < 1.29 is 9.47 Å². The summed E-state index contributed by atoms with van der Waals surface area (Å²) in [6.45, 7) is 9.95. The van der Waals surface area contributed by atoms with E-state index in [1.165, 1.54) is 32.1 Å². The third kappa shape index (κ3) is 5.68. The van der Waals surface area contributed by atoms with Gasteiger partial charge in [0.15, 0.2) is 11.8 Å². The highest BCUT2D eigenvalue weighted by Gasteiger charge is 2.26. The van der Waals surface area contributed by atoms with Crippen LogP contribution in [0.25, 0.3) is 0 Å². The van der Waals surface area contributed by atoms with Crippen LogP contribution in [-0.4, -0.2) is 36.1 Å². The van der Waals surface area contributed by atoms with E-state index in [-0.39, 0.29) is 11.1 Å². The van der Waals surface area contributed by atoms with Gasteiger partial charge < -0.3 is 9.47 Å². The quantitative estimate of drug-likeness (QED) is 0.632. The molecule has 0 fully saturated rings. The van der Waals surface area contributed by atoms with Crippen molar-refractivity contribution in [2.45, 2.75) is 83.7 Å². The van der Waals surface area contributed by atoms with Crippen LogP contribution < -0.4 is 0 Å². The molecule has 2 aliphatic rings. The van der Waals surface area contributed by atoms with Gasteiger partial charge in [0.05, 0.1) is 11.1 Å². The number of hydrogen-bond acceptors (Lipinski definition) is 4. The Hall–Kier alpha value is -1.06. The average molecular weight is 294 g/mol. The van der Waals surface area contributed by atoms with Crippen molar-refractivity contribution in [2.75, 3.05) is 13.2 Å². The average Bonchev–Trinajstić information content (AvgIpc) is 2.90. The second-order valence-electron chi connectivity index (χ2n) is 7.48. The van der Waals surface area contributed by atoms with Gasteiger partial charge in [-0.2, -0.15) is 0 Å². The summed E-state index contributed by atoms with van der Waals surface area (Å²) < 4.78 is 11.2. The normalized spacial score (nSPS) is 22.5. The van der Waals surface area contributed by atoms with Crippen molar-refractivity contribution in [2.24, 2.45) is 9.98 Å². The first-order valence-corrected chi connectivity index (χ1v) is 8.29. The molecule has 0 atom stereocenters. The van der Waals surface area contributed by atoms with Crippen molar-refractivity contribution in [3.63, 3.8) is 0 Å². The topological polar surface area (TPSA) is 43.2 Å². The zero-order valence-corrected chi connectivity index (χ0v) is 14.1. The smallest absolute Gasteiger partial charge is 0.183 e. The molecule has 0 amide bonds. The van der Waals surface area contributed by atoms with Crippen LogP contribution in [0.1, 0.15) is 72.6 Å². The minimum atomic E-state index is -0.00881. The van der Waals surface area contributed by atoms with Gasteiger partial charge in [-0.3, -0.25) is 0 Å². The Morgan fingerprint density at radius 3 is 1.43 bits per heavy atom. The molecule has 2 aliphatic heterocycles. The first-order chi connectivity index (χ1) is 9.86. The molecule has 21 heavy (non-hydrogen) atoms. The number of ether oxygens (including phenoxy) is 2. The largest absolute Gasteiger partial charge is 0.478 e. The fourth-order valence-corrected chi connectivity index (χ4v) is 2.66. The molecule has 0 unspecified atom stereocenters. The molecule has 0 aromatic carbocycles. The Bertz CT molecular complexity index is 373. The molecule has 120 valence electrons. The lowest BCUT2D eigenvalue weighted by atomic mass is 10.1. The molecule has 2 heterocycles. The predicted octanol–water partition coefficient (Wildman–Crippen LogP) is 4.13. The maximum atomic E-state index is 5.60. The van der Waals surface area contributed by atoms with E-state index >= 15 is 0 Å². The summed E-state index contributed by atoms with van der Waals surface area (Å²) in [4.78, 5) is 9.16. The van der Waals surface area contributed by atoms with Gasteiger partial charge in [0.25, 0.3) is 0 Å². The molecule has 0 aromatic heterocycles. The van der Waals surface area contributed by atoms with Crippen molar-refractivity contribution in [3.8, 4) is 0 Å². The van der Waals surface area contributed by atoms with Crippen molar-refractivity contribution in [1.82, 2.24) is 0 Å². The maximum Gasteiger partial charge on any atom is 0.183 e. The second kappa shape index (κ2) is 6.80. The number of aliphatic imine (C=N–C) groups is 2. The van der Waals surface area contributed by atoms with Crippen molar-refractivity contribution >= 4 is 11.8 Å². The van der Waals surface area contributed by atoms with Crippen LogP contribution in [0, 0.1) is 0 Å². The van der Waals surface area contributed by atoms with E-state index in [4.69, 9.17) is 9.47 Å². The Kier molecular flexibility index (Phi) is 5.28. The summed E-state index contributed by atoms with van der Waals surface area (Å²) in [6, 6.07) is 0. The van der Waals surface area contributed by atoms with Crippen LogP contribution in [-0.2, 0) is 9.47 Å². The third-order valence-corrected chi connectivity index (χ3v) is 3.82. The first-order valence-electron chi connectivity index (χ1n) is 8.29. The van der Waals surface area contributed by atoms with Crippen LogP contribution >= 0.6 is 0 Å². The Labute approximate surface area is 129 Å². The van der Waals surface area contributed by atoms with E-state index in [9.17, 15) is 0 Å². The lowest BCUT2D eigenvalue weighted by Crippen LogP contribution is -2.17. The van der Waals surface area contributed by atoms with Crippen molar-refractivity contribution in [3.05, 3.63) is 0 Å². The summed E-state index contributed by atoms with van der Waals surface area (Å²) in [5, 5.41) is 0. The minimum Gasteiger partial charge on any atom is -0.478 e. The fraction of sp³-hybridized carbons (Fsp3) is 0.882. The van der Waals surface area contributed by atoms with Crippen LogP contribution in [0.3, 0.4) is 0 Å². The number of unbranched alkanes of at least 4 members (excludes halogenated alkanes) is 4. The second-order valence-corrected chi connectivity index (χ2v) is 7.48. The Morgan fingerprint density at radius 2 is 1.10 bits per heavy atom. The SMILES string of the molecule is CC1(C)COC(CCCCCCCC2=NC(C)(C)CO2)=N1. The van der Waals surface area contributed by atoms with E-state index < -0.39 is 0 Å². The summed E-state index contributed by atoms with van der Waals surface area (Å²) in [6.07, 6.45) is 8.12. The van der Waals surface area contributed by atoms with Gasteiger partial charge in [-0.1, -0.05) is 19.3 Å². The van der Waals surface area contributed by atoms with Gasteiger partial charge in [-0.25, -0.2) is 9.98 Å². The highest BCUT2D eigenvalue weighted by atomic mass is 16.5. The summed E-state index contributed by atoms with van der Waals surface area (Å²) in [5.41, 5.74) is -0.0176. The van der Waals surface area contributed by atoms with Crippen LogP contribution in [0.5, 0.6) is 0 Å². The zero-order chi connectivity index (χ0) is 15.3.